The summed E-state index contributed by atoms with van der Waals surface area (Å²) in [4.78, 5) is 15.3. The minimum absolute atomic E-state index is 0.00256. The third-order valence-electron chi connectivity index (χ3n) is 5.09. The van der Waals surface area contributed by atoms with Gasteiger partial charge in [-0.25, -0.2) is 0 Å². The fourth-order valence-corrected chi connectivity index (χ4v) is 5.16. The Bertz CT molecular complexity index is 346. The van der Waals surface area contributed by atoms with E-state index in [2.05, 4.69) is 32.6 Å². The first-order chi connectivity index (χ1) is 9.45. The van der Waals surface area contributed by atoms with Crippen molar-refractivity contribution < 1.29 is 9.53 Å². The molecule has 2 atom stereocenters. The summed E-state index contributed by atoms with van der Waals surface area (Å²) in [5.41, 5.74) is -0.346. The van der Waals surface area contributed by atoms with E-state index in [0.717, 1.165) is 44.7 Å². The van der Waals surface area contributed by atoms with Gasteiger partial charge in [0.15, 0.2) is 5.78 Å². The molecule has 0 aromatic heterocycles. The second-order valence-corrected chi connectivity index (χ2v) is 7.72. The molecule has 2 heterocycles. The van der Waals surface area contributed by atoms with E-state index in [1.54, 1.807) is 0 Å². The number of likely N-dealkylation sites (N-methyl/N-ethyl adjacent to an activating group) is 1. The maximum absolute atomic E-state index is 13.0. The monoisotopic (exact) mass is 299 g/mol. The highest BCUT2D eigenvalue weighted by atomic mass is 32.2. The van der Waals surface area contributed by atoms with Crippen molar-refractivity contribution in [3.63, 3.8) is 0 Å². The van der Waals surface area contributed by atoms with E-state index < -0.39 is 0 Å². The maximum Gasteiger partial charge on any atom is 0.155 e. The number of carbonyl (C=O) groups is 1. The Balaban J connectivity index is 2.08. The SMILES string of the molecule is CCN(CC)C(C)(C)C(=O)C1CCOC2(CCSC2)C1. The van der Waals surface area contributed by atoms with Gasteiger partial charge in [-0.2, -0.15) is 11.8 Å². The minimum Gasteiger partial charge on any atom is -0.374 e. The molecular weight excluding hydrogens is 270 g/mol. The number of rotatable bonds is 5. The Morgan fingerprint density at radius 2 is 2.10 bits per heavy atom. The van der Waals surface area contributed by atoms with Crippen LogP contribution >= 0.6 is 11.8 Å². The van der Waals surface area contributed by atoms with Gasteiger partial charge in [0.25, 0.3) is 0 Å². The van der Waals surface area contributed by atoms with Crippen molar-refractivity contribution in [2.75, 3.05) is 31.2 Å². The molecule has 4 heteroatoms. The summed E-state index contributed by atoms with van der Waals surface area (Å²) < 4.78 is 6.05. The molecule has 0 bridgehead atoms. The molecule has 20 heavy (non-hydrogen) atoms. The van der Waals surface area contributed by atoms with Crippen molar-refractivity contribution in [1.29, 1.82) is 0 Å². The van der Waals surface area contributed by atoms with Crippen molar-refractivity contribution in [2.24, 2.45) is 5.92 Å². The van der Waals surface area contributed by atoms with Gasteiger partial charge in [0.1, 0.15) is 0 Å². The van der Waals surface area contributed by atoms with Crippen molar-refractivity contribution in [2.45, 2.75) is 58.1 Å². The van der Waals surface area contributed by atoms with E-state index in [9.17, 15) is 4.79 Å². The van der Waals surface area contributed by atoms with Gasteiger partial charge in [-0.05, 0) is 52.0 Å². The van der Waals surface area contributed by atoms with E-state index in [1.807, 2.05) is 11.8 Å². The Labute approximate surface area is 127 Å². The van der Waals surface area contributed by atoms with E-state index in [0.29, 0.717) is 5.78 Å². The van der Waals surface area contributed by atoms with Crippen LogP contribution in [0.5, 0.6) is 0 Å². The standard InChI is InChI=1S/C16H29NO2S/c1-5-17(6-2)15(3,4)14(18)13-7-9-19-16(11-13)8-10-20-12-16/h13H,5-12H2,1-4H3. The molecule has 0 saturated carbocycles. The van der Waals surface area contributed by atoms with Crippen molar-refractivity contribution in [3.8, 4) is 0 Å². The summed E-state index contributed by atoms with van der Waals surface area (Å²) in [7, 11) is 0. The molecule has 0 amide bonds. The number of Topliss-reactive ketones (excluding diaryl/α,β-unsaturated/α-hetero) is 1. The molecule has 2 saturated heterocycles. The van der Waals surface area contributed by atoms with Crippen LogP contribution in [0.3, 0.4) is 0 Å². The maximum atomic E-state index is 13.0. The summed E-state index contributed by atoms with van der Waals surface area (Å²) in [6.45, 7) is 11.1. The summed E-state index contributed by atoms with van der Waals surface area (Å²) in [6, 6.07) is 0. The molecule has 0 aromatic carbocycles. The van der Waals surface area contributed by atoms with Gasteiger partial charge in [0.2, 0.25) is 0 Å². The van der Waals surface area contributed by atoms with Crippen LogP contribution in [0.1, 0.15) is 47.0 Å². The molecule has 2 unspecified atom stereocenters. The number of nitrogens with zero attached hydrogens (tertiary/aromatic N) is 1. The number of hydrogen-bond donors (Lipinski definition) is 0. The van der Waals surface area contributed by atoms with Crippen LogP contribution in [-0.2, 0) is 9.53 Å². The zero-order valence-electron chi connectivity index (χ0n) is 13.4. The van der Waals surface area contributed by atoms with E-state index >= 15 is 0 Å². The first-order valence-electron chi connectivity index (χ1n) is 7.96. The smallest absolute Gasteiger partial charge is 0.155 e. The van der Waals surface area contributed by atoms with Gasteiger partial charge < -0.3 is 4.74 Å². The molecule has 2 rings (SSSR count). The van der Waals surface area contributed by atoms with Gasteiger partial charge in [-0.15, -0.1) is 0 Å². The third-order valence-corrected chi connectivity index (χ3v) is 6.31. The summed E-state index contributed by atoms with van der Waals surface area (Å²) in [5, 5.41) is 0. The van der Waals surface area contributed by atoms with Crippen molar-refractivity contribution >= 4 is 17.5 Å². The number of ketones is 1. The van der Waals surface area contributed by atoms with Gasteiger partial charge in [-0.3, -0.25) is 9.69 Å². The van der Waals surface area contributed by atoms with Gasteiger partial charge >= 0.3 is 0 Å². The molecule has 0 aromatic rings. The highest BCUT2D eigenvalue weighted by molar-refractivity contribution is 7.99. The lowest BCUT2D eigenvalue weighted by atomic mass is 9.77. The highest BCUT2D eigenvalue weighted by Gasteiger charge is 2.46. The average Bonchev–Trinajstić information content (AvgIpc) is 2.87. The lowest BCUT2D eigenvalue weighted by molar-refractivity contribution is -0.144. The summed E-state index contributed by atoms with van der Waals surface area (Å²) in [6.07, 6.45) is 2.95. The fraction of sp³-hybridized carbons (Fsp3) is 0.938. The molecule has 2 fully saturated rings. The zero-order valence-corrected chi connectivity index (χ0v) is 14.2. The molecular formula is C16H29NO2S. The molecule has 0 N–H and O–H groups in total. The van der Waals surface area contributed by atoms with Gasteiger partial charge in [0.05, 0.1) is 11.1 Å². The van der Waals surface area contributed by atoms with E-state index in [1.165, 1.54) is 5.75 Å². The third kappa shape index (κ3) is 3.07. The first kappa shape index (κ1) is 16.3. The number of hydrogen-bond acceptors (Lipinski definition) is 4. The Hall–Kier alpha value is -0.0600. The highest BCUT2D eigenvalue weighted by Crippen LogP contribution is 2.41. The van der Waals surface area contributed by atoms with Crippen molar-refractivity contribution in [1.82, 2.24) is 4.90 Å². The van der Waals surface area contributed by atoms with E-state index in [-0.39, 0.29) is 17.1 Å². The second kappa shape index (κ2) is 6.37. The first-order valence-corrected chi connectivity index (χ1v) is 9.12. The molecule has 2 aliphatic heterocycles. The minimum atomic E-state index is -0.349. The number of ether oxygens (including phenoxy) is 1. The number of carbonyl (C=O) groups excluding carboxylic acids is 1. The number of thioether (sulfide) groups is 1. The van der Waals surface area contributed by atoms with Crippen molar-refractivity contribution in [3.05, 3.63) is 0 Å². The van der Waals surface area contributed by atoms with Crippen LogP contribution in [0.2, 0.25) is 0 Å². The topological polar surface area (TPSA) is 29.5 Å². The molecule has 2 aliphatic rings. The average molecular weight is 299 g/mol. The molecule has 3 nitrogen and oxygen atoms in total. The van der Waals surface area contributed by atoms with Crippen LogP contribution in [-0.4, -0.2) is 53.0 Å². The van der Waals surface area contributed by atoms with Gasteiger partial charge in [0, 0.05) is 18.3 Å². The van der Waals surface area contributed by atoms with Crippen LogP contribution in [0.4, 0.5) is 0 Å². The van der Waals surface area contributed by atoms with Crippen LogP contribution < -0.4 is 0 Å². The Morgan fingerprint density at radius 3 is 2.65 bits per heavy atom. The Morgan fingerprint density at radius 1 is 1.40 bits per heavy atom. The summed E-state index contributed by atoms with van der Waals surface area (Å²) >= 11 is 1.97. The lowest BCUT2D eigenvalue weighted by Gasteiger charge is -2.42. The lowest BCUT2D eigenvalue weighted by Crippen LogP contribution is -2.54. The quantitative estimate of drug-likeness (QED) is 0.780. The predicted octanol–water partition coefficient (Wildman–Crippen LogP) is 2.98. The largest absolute Gasteiger partial charge is 0.374 e. The van der Waals surface area contributed by atoms with E-state index in [4.69, 9.17) is 4.74 Å². The van der Waals surface area contributed by atoms with Crippen LogP contribution in [0, 0.1) is 5.92 Å². The van der Waals surface area contributed by atoms with Gasteiger partial charge in [-0.1, -0.05) is 13.8 Å². The Kier molecular flexibility index (Phi) is 5.19. The normalized spacial score (nSPS) is 31.1. The fourth-order valence-electron chi connectivity index (χ4n) is 3.78. The molecule has 1 spiro atoms. The predicted molar refractivity (Wildman–Crippen MR) is 85.4 cm³/mol. The molecule has 0 aliphatic carbocycles. The van der Waals surface area contributed by atoms with Crippen LogP contribution in [0.15, 0.2) is 0 Å². The second-order valence-electron chi connectivity index (χ2n) is 6.62. The molecule has 0 radical (unpaired) electrons. The molecule has 116 valence electrons. The zero-order chi connectivity index (χ0) is 14.8. The summed E-state index contributed by atoms with van der Waals surface area (Å²) in [5.74, 6) is 2.85. The van der Waals surface area contributed by atoms with Crippen LogP contribution in [0.25, 0.3) is 0 Å².